The summed E-state index contributed by atoms with van der Waals surface area (Å²) >= 11 is 1.36. The zero-order valence-corrected chi connectivity index (χ0v) is 12.2. The highest BCUT2D eigenvalue weighted by atomic mass is 32.2. The fourth-order valence-electron chi connectivity index (χ4n) is 1.99. The Labute approximate surface area is 112 Å². The van der Waals surface area contributed by atoms with Crippen molar-refractivity contribution in [3.8, 4) is 0 Å². The molecule has 0 radical (unpaired) electrons. The summed E-state index contributed by atoms with van der Waals surface area (Å²) in [7, 11) is -3.35. The van der Waals surface area contributed by atoms with Crippen LogP contribution in [0.3, 0.4) is 0 Å². The molecule has 2 rings (SSSR count). The molecule has 1 N–H and O–H groups in total. The minimum atomic E-state index is -3.35. The number of thiazole rings is 1. The molecule has 5 nitrogen and oxygen atoms in total. The Kier molecular flexibility index (Phi) is 4.24. The normalized spacial score (nSPS) is 20.9. The van der Waals surface area contributed by atoms with Gasteiger partial charge in [0.15, 0.2) is 0 Å². The van der Waals surface area contributed by atoms with Gasteiger partial charge in [-0.3, -0.25) is 4.72 Å². The summed E-state index contributed by atoms with van der Waals surface area (Å²) in [5.74, 6) is 0.0311. The van der Waals surface area contributed by atoms with E-state index >= 15 is 0 Å². The average molecular weight is 290 g/mol. The number of aromatic nitrogens is 1. The van der Waals surface area contributed by atoms with Gasteiger partial charge in [0.1, 0.15) is 5.00 Å². The second-order valence-corrected chi connectivity index (χ2v) is 7.49. The van der Waals surface area contributed by atoms with E-state index in [0.29, 0.717) is 11.6 Å². The van der Waals surface area contributed by atoms with E-state index in [4.69, 9.17) is 4.74 Å². The van der Waals surface area contributed by atoms with E-state index in [1.54, 1.807) is 6.92 Å². The molecule has 18 heavy (non-hydrogen) atoms. The fraction of sp³-hybridized carbons (Fsp3) is 0.727. The van der Waals surface area contributed by atoms with Crippen molar-refractivity contribution in [1.29, 1.82) is 0 Å². The van der Waals surface area contributed by atoms with E-state index in [0.717, 1.165) is 30.0 Å². The quantitative estimate of drug-likeness (QED) is 0.921. The Bertz CT molecular complexity index is 504. The molecule has 102 valence electrons. The number of hydrogen-bond acceptors (Lipinski definition) is 5. The van der Waals surface area contributed by atoms with E-state index in [-0.39, 0.29) is 11.9 Å². The molecule has 7 heteroatoms. The topological polar surface area (TPSA) is 68.3 Å². The number of hydrogen-bond donors (Lipinski definition) is 1. The van der Waals surface area contributed by atoms with Crippen LogP contribution in [0.5, 0.6) is 0 Å². The van der Waals surface area contributed by atoms with Crippen LogP contribution in [0, 0.1) is 13.8 Å². The average Bonchev–Trinajstić information content (AvgIpc) is 2.57. The second kappa shape index (κ2) is 5.54. The van der Waals surface area contributed by atoms with E-state index in [1.807, 2.05) is 6.92 Å². The molecule has 0 spiro atoms. The number of sulfonamides is 1. The molecule has 1 saturated heterocycles. The predicted molar refractivity (Wildman–Crippen MR) is 72.6 cm³/mol. The summed E-state index contributed by atoms with van der Waals surface area (Å²) < 4.78 is 32.1. The van der Waals surface area contributed by atoms with Crippen molar-refractivity contribution in [2.24, 2.45) is 0 Å². The van der Waals surface area contributed by atoms with Crippen LogP contribution >= 0.6 is 11.3 Å². The highest BCUT2D eigenvalue weighted by molar-refractivity contribution is 7.92. The fourth-order valence-corrected chi connectivity index (χ4v) is 4.48. The summed E-state index contributed by atoms with van der Waals surface area (Å²) in [4.78, 5) is 4.20. The third kappa shape index (κ3) is 3.66. The van der Waals surface area contributed by atoms with Crippen LogP contribution in [-0.4, -0.2) is 31.9 Å². The van der Waals surface area contributed by atoms with Gasteiger partial charge in [0.05, 0.1) is 22.6 Å². The maximum absolute atomic E-state index is 12.0. The molecule has 0 aromatic carbocycles. The van der Waals surface area contributed by atoms with Crippen LogP contribution in [0.2, 0.25) is 0 Å². The van der Waals surface area contributed by atoms with Crippen molar-refractivity contribution < 1.29 is 13.2 Å². The van der Waals surface area contributed by atoms with Crippen LogP contribution in [0.1, 0.15) is 30.0 Å². The minimum absolute atomic E-state index is 0.0311. The van der Waals surface area contributed by atoms with Gasteiger partial charge < -0.3 is 4.74 Å². The zero-order chi connectivity index (χ0) is 13.2. The number of rotatable bonds is 4. The van der Waals surface area contributed by atoms with Gasteiger partial charge in [0.2, 0.25) is 10.0 Å². The molecule has 0 bridgehead atoms. The van der Waals surface area contributed by atoms with Crippen LogP contribution in [0.4, 0.5) is 5.00 Å². The lowest BCUT2D eigenvalue weighted by atomic mass is 10.1. The monoisotopic (exact) mass is 290 g/mol. The highest BCUT2D eigenvalue weighted by Gasteiger charge is 2.23. The predicted octanol–water partition coefficient (Wildman–Crippen LogP) is 2.07. The van der Waals surface area contributed by atoms with Gasteiger partial charge in [-0.2, -0.15) is 0 Å². The van der Waals surface area contributed by atoms with Crippen molar-refractivity contribution in [2.45, 2.75) is 39.2 Å². The molecule has 0 aliphatic carbocycles. The first kappa shape index (κ1) is 13.8. The third-order valence-corrected chi connectivity index (χ3v) is 5.27. The molecule has 1 fully saturated rings. The Morgan fingerprint density at radius 2 is 2.22 bits per heavy atom. The largest absolute Gasteiger partial charge is 0.377 e. The molecular weight excluding hydrogens is 272 g/mol. The molecule has 1 aliphatic heterocycles. The van der Waals surface area contributed by atoms with Crippen LogP contribution in [0.25, 0.3) is 0 Å². The van der Waals surface area contributed by atoms with Gasteiger partial charge in [0, 0.05) is 6.61 Å². The van der Waals surface area contributed by atoms with Gasteiger partial charge >= 0.3 is 0 Å². The number of nitrogens with zero attached hydrogens (tertiary/aromatic N) is 1. The van der Waals surface area contributed by atoms with Gasteiger partial charge in [-0.15, -0.1) is 11.3 Å². The molecular formula is C11H18N2O3S2. The second-order valence-electron chi connectivity index (χ2n) is 4.52. The van der Waals surface area contributed by atoms with Crippen molar-refractivity contribution in [2.75, 3.05) is 17.1 Å². The SMILES string of the molecule is Cc1nc(C)c(NS(=O)(=O)CC2CCCCO2)s1. The third-order valence-electron chi connectivity index (χ3n) is 2.83. The Morgan fingerprint density at radius 3 is 2.78 bits per heavy atom. The lowest BCUT2D eigenvalue weighted by molar-refractivity contribution is 0.0306. The molecule has 0 saturated carbocycles. The van der Waals surface area contributed by atoms with Crippen LogP contribution in [-0.2, 0) is 14.8 Å². The van der Waals surface area contributed by atoms with Crippen molar-refractivity contribution in [3.05, 3.63) is 10.7 Å². The molecule has 0 amide bonds. The molecule has 1 atom stereocenters. The summed E-state index contributed by atoms with van der Waals surface area (Å²) in [5, 5.41) is 1.47. The van der Waals surface area contributed by atoms with E-state index in [2.05, 4.69) is 9.71 Å². The summed E-state index contributed by atoms with van der Waals surface area (Å²) in [6, 6.07) is 0. The number of aryl methyl sites for hydroxylation is 2. The van der Waals surface area contributed by atoms with Crippen LogP contribution < -0.4 is 4.72 Å². The molecule has 1 unspecified atom stereocenters. The summed E-state index contributed by atoms with van der Waals surface area (Å²) in [6.07, 6.45) is 2.71. The Balaban J connectivity index is 2.00. The number of ether oxygens (including phenoxy) is 1. The van der Waals surface area contributed by atoms with Crippen LogP contribution in [0.15, 0.2) is 0 Å². The first-order valence-corrected chi connectivity index (χ1v) is 8.49. The van der Waals surface area contributed by atoms with E-state index in [9.17, 15) is 8.42 Å². The lowest BCUT2D eigenvalue weighted by Crippen LogP contribution is -2.30. The van der Waals surface area contributed by atoms with Crippen molar-refractivity contribution in [3.63, 3.8) is 0 Å². The number of nitrogens with one attached hydrogen (secondary N) is 1. The van der Waals surface area contributed by atoms with E-state index in [1.165, 1.54) is 11.3 Å². The lowest BCUT2D eigenvalue weighted by Gasteiger charge is -2.22. The van der Waals surface area contributed by atoms with Gasteiger partial charge in [0.25, 0.3) is 0 Å². The molecule has 2 heterocycles. The smallest absolute Gasteiger partial charge is 0.235 e. The summed E-state index contributed by atoms with van der Waals surface area (Å²) in [5.41, 5.74) is 0.727. The van der Waals surface area contributed by atoms with Gasteiger partial charge in [-0.25, -0.2) is 13.4 Å². The van der Waals surface area contributed by atoms with Crippen molar-refractivity contribution >= 4 is 26.4 Å². The first-order valence-electron chi connectivity index (χ1n) is 6.02. The maximum Gasteiger partial charge on any atom is 0.235 e. The standard InChI is InChI=1S/C11H18N2O3S2/c1-8-11(17-9(2)12-8)13-18(14,15)7-10-5-3-4-6-16-10/h10,13H,3-7H2,1-2H3. The maximum atomic E-state index is 12.0. The van der Waals surface area contributed by atoms with Crippen molar-refractivity contribution in [1.82, 2.24) is 4.98 Å². The molecule has 1 aliphatic rings. The zero-order valence-electron chi connectivity index (χ0n) is 10.6. The highest BCUT2D eigenvalue weighted by Crippen LogP contribution is 2.25. The van der Waals surface area contributed by atoms with E-state index < -0.39 is 10.0 Å². The summed E-state index contributed by atoms with van der Waals surface area (Å²) in [6.45, 7) is 4.33. The van der Waals surface area contributed by atoms with Gasteiger partial charge in [-0.05, 0) is 33.1 Å². The minimum Gasteiger partial charge on any atom is -0.377 e. The van der Waals surface area contributed by atoms with Gasteiger partial charge in [-0.1, -0.05) is 0 Å². The molecule has 1 aromatic rings. The Morgan fingerprint density at radius 1 is 1.44 bits per heavy atom. The number of anilines is 1. The first-order chi connectivity index (χ1) is 8.46. The Hall–Kier alpha value is -0.660. The molecule has 1 aromatic heterocycles.